The average Bonchev–Trinajstić information content (AvgIpc) is 3.10. The first-order valence-electron chi connectivity index (χ1n) is 8.31. The van der Waals surface area contributed by atoms with Crippen LogP contribution in [-0.4, -0.2) is 15.2 Å². The number of alkyl halides is 3. The Kier molecular flexibility index (Phi) is 4.67. The second-order valence-electron chi connectivity index (χ2n) is 6.12. The standard InChI is InChI=1S/C20H12F3N3O2S/c21-20(22,23)15-9-13(27)5-7-16(15)26-25-12-3-1-11(2-4-12)19-24-17-10-14(28)6-8-18(17)29-19/h1-10,27-28H. The zero-order valence-electron chi connectivity index (χ0n) is 14.6. The van der Waals surface area contributed by atoms with Crippen molar-refractivity contribution in [1.82, 2.24) is 4.98 Å². The van der Waals surface area contributed by atoms with Gasteiger partial charge in [0.05, 0.1) is 27.2 Å². The van der Waals surface area contributed by atoms with Crippen LogP contribution in [0.15, 0.2) is 70.9 Å². The molecule has 146 valence electrons. The van der Waals surface area contributed by atoms with Gasteiger partial charge in [0.2, 0.25) is 0 Å². The Morgan fingerprint density at radius 2 is 1.52 bits per heavy atom. The first-order chi connectivity index (χ1) is 13.8. The van der Waals surface area contributed by atoms with Crippen LogP contribution in [0.2, 0.25) is 0 Å². The summed E-state index contributed by atoms with van der Waals surface area (Å²) in [6.07, 6.45) is -4.65. The Hall–Kier alpha value is -3.46. The van der Waals surface area contributed by atoms with E-state index >= 15 is 0 Å². The molecule has 0 atom stereocenters. The first-order valence-corrected chi connectivity index (χ1v) is 9.13. The quantitative estimate of drug-likeness (QED) is 0.361. The van der Waals surface area contributed by atoms with E-state index in [9.17, 15) is 23.4 Å². The van der Waals surface area contributed by atoms with Gasteiger partial charge in [-0.1, -0.05) is 0 Å². The second kappa shape index (κ2) is 7.17. The van der Waals surface area contributed by atoms with Crippen LogP contribution in [0.3, 0.4) is 0 Å². The van der Waals surface area contributed by atoms with Gasteiger partial charge in [-0.15, -0.1) is 16.5 Å². The Bertz CT molecular complexity index is 1220. The molecule has 0 aliphatic rings. The number of phenols is 2. The number of thiazole rings is 1. The van der Waals surface area contributed by atoms with E-state index in [0.717, 1.165) is 27.4 Å². The fraction of sp³-hybridized carbons (Fsp3) is 0.0500. The number of aromatic hydroxyl groups is 2. The molecule has 4 rings (SSSR count). The van der Waals surface area contributed by atoms with Crippen LogP contribution >= 0.6 is 11.3 Å². The van der Waals surface area contributed by atoms with Crippen molar-refractivity contribution < 1.29 is 23.4 Å². The highest BCUT2D eigenvalue weighted by Crippen LogP contribution is 2.39. The molecule has 0 radical (unpaired) electrons. The van der Waals surface area contributed by atoms with Gasteiger partial charge in [-0.2, -0.15) is 18.3 Å². The molecular formula is C20H12F3N3O2S. The molecule has 1 aromatic heterocycles. The normalized spacial score (nSPS) is 12.1. The molecule has 0 saturated carbocycles. The van der Waals surface area contributed by atoms with Crippen LogP contribution in [0.4, 0.5) is 24.5 Å². The number of azo groups is 1. The molecular weight excluding hydrogens is 403 g/mol. The molecule has 9 heteroatoms. The van der Waals surface area contributed by atoms with Gasteiger partial charge in [0.1, 0.15) is 16.5 Å². The Labute approximate surface area is 166 Å². The number of nitrogens with zero attached hydrogens (tertiary/aromatic N) is 3. The number of halogens is 3. The Morgan fingerprint density at radius 3 is 2.24 bits per heavy atom. The minimum Gasteiger partial charge on any atom is -0.508 e. The molecule has 0 saturated heterocycles. The third-order valence-corrected chi connectivity index (χ3v) is 5.13. The minimum absolute atomic E-state index is 0.137. The molecule has 0 spiro atoms. The number of fused-ring (bicyclic) bond motifs is 1. The maximum Gasteiger partial charge on any atom is 0.418 e. The lowest BCUT2D eigenvalue weighted by molar-refractivity contribution is -0.137. The van der Waals surface area contributed by atoms with Gasteiger partial charge in [0.15, 0.2) is 0 Å². The fourth-order valence-electron chi connectivity index (χ4n) is 2.66. The maximum absolute atomic E-state index is 13.1. The van der Waals surface area contributed by atoms with Crippen LogP contribution in [-0.2, 0) is 6.18 Å². The first kappa shape index (κ1) is 18.9. The van der Waals surface area contributed by atoms with Crippen LogP contribution in [0.25, 0.3) is 20.8 Å². The summed E-state index contributed by atoms with van der Waals surface area (Å²) in [5, 5.41) is 27.1. The Morgan fingerprint density at radius 1 is 0.828 bits per heavy atom. The summed E-state index contributed by atoms with van der Waals surface area (Å²) in [5.41, 5.74) is 0.417. The fourth-order valence-corrected chi connectivity index (χ4v) is 3.61. The van der Waals surface area contributed by atoms with Crippen molar-refractivity contribution in [2.75, 3.05) is 0 Å². The van der Waals surface area contributed by atoms with E-state index in [2.05, 4.69) is 15.2 Å². The van der Waals surface area contributed by atoms with Crippen LogP contribution in [0.5, 0.6) is 11.5 Å². The number of phenolic OH excluding ortho intramolecular Hbond substituents is 2. The molecule has 29 heavy (non-hydrogen) atoms. The van der Waals surface area contributed by atoms with Crippen molar-refractivity contribution in [2.24, 2.45) is 10.2 Å². The predicted molar refractivity (Wildman–Crippen MR) is 104 cm³/mol. The summed E-state index contributed by atoms with van der Waals surface area (Å²) >= 11 is 1.46. The number of rotatable bonds is 3. The molecule has 3 aromatic carbocycles. The van der Waals surface area contributed by atoms with E-state index in [0.29, 0.717) is 17.3 Å². The van der Waals surface area contributed by atoms with Gasteiger partial charge in [0.25, 0.3) is 0 Å². The third kappa shape index (κ3) is 4.04. The molecule has 2 N–H and O–H groups in total. The smallest absolute Gasteiger partial charge is 0.418 e. The third-order valence-electron chi connectivity index (χ3n) is 4.04. The predicted octanol–water partition coefficient (Wildman–Crippen LogP) is 6.81. The zero-order valence-corrected chi connectivity index (χ0v) is 15.4. The summed E-state index contributed by atoms with van der Waals surface area (Å²) in [4.78, 5) is 4.47. The van der Waals surface area contributed by atoms with Crippen molar-refractivity contribution in [2.45, 2.75) is 6.18 Å². The van der Waals surface area contributed by atoms with Crippen molar-refractivity contribution in [3.05, 3.63) is 66.2 Å². The van der Waals surface area contributed by atoms with E-state index in [-0.39, 0.29) is 11.4 Å². The molecule has 0 aliphatic heterocycles. The summed E-state index contributed by atoms with van der Waals surface area (Å²) in [7, 11) is 0. The van der Waals surface area contributed by atoms with Crippen LogP contribution in [0.1, 0.15) is 5.56 Å². The summed E-state index contributed by atoms with van der Waals surface area (Å²) in [5.74, 6) is -0.359. The molecule has 4 aromatic rings. The lowest BCUT2D eigenvalue weighted by Crippen LogP contribution is -2.04. The number of aromatic nitrogens is 1. The highest BCUT2D eigenvalue weighted by Gasteiger charge is 2.34. The molecule has 0 fully saturated rings. The maximum atomic E-state index is 13.1. The van der Waals surface area contributed by atoms with Gasteiger partial charge >= 0.3 is 6.18 Å². The van der Waals surface area contributed by atoms with Crippen molar-refractivity contribution in [3.63, 3.8) is 0 Å². The van der Waals surface area contributed by atoms with Crippen molar-refractivity contribution in [3.8, 4) is 22.1 Å². The topological polar surface area (TPSA) is 78.1 Å². The van der Waals surface area contributed by atoms with E-state index in [1.165, 1.54) is 11.3 Å². The SMILES string of the molecule is Oc1ccc(N=Nc2ccc(-c3nc4cc(O)ccc4s3)cc2)c(C(F)(F)F)c1. The van der Waals surface area contributed by atoms with E-state index < -0.39 is 17.5 Å². The number of hydrogen-bond donors (Lipinski definition) is 2. The molecule has 0 aliphatic carbocycles. The van der Waals surface area contributed by atoms with Gasteiger partial charge in [-0.05, 0) is 54.6 Å². The highest BCUT2D eigenvalue weighted by molar-refractivity contribution is 7.21. The lowest BCUT2D eigenvalue weighted by Gasteiger charge is -2.09. The highest BCUT2D eigenvalue weighted by atomic mass is 32.1. The number of hydrogen-bond acceptors (Lipinski definition) is 6. The van der Waals surface area contributed by atoms with Gasteiger partial charge < -0.3 is 10.2 Å². The van der Waals surface area contributed by atoms with E-state index in [1.807, 2.05) is 0 Å². The summed E-state index contributed by atoms with van der Waals surface area (Å²) in [6, 6.07) is 14.5. The summed E-state index contributed by atoms with van der Waals surface area (Å²) < 4.78 is 40.1. The zero-order chi connectivity index (χ0) is 20.6. The van der Waals surface area contributed by atoms with E-state index in [1.54, 1.807) is 42.5 Å². The van der Waals surface area contributed by atoms with Crippen molar-refractivity contribution >= 4 is 32.9 Å². The monoisotopic (exact) mass is 415 g/mol. The Balaban J connectivity index is 1.60. The van der Waals surface area contributed by atoms with Crippen LogP contribution < -0.4 is 0 Å². The second-order valence-corrected chi connectivity index (χ2v) is 7.15. The molecule has 0 amide bonds. The molecule has 0 unspecified atom stereocenters. The summed E-state index contributed by atoms with van der Waals surface area (Å²) in [6.45, 7) is 0. The molecule has 0 bridgehead atoms. The minimum atomic E-state index is -4.65. The van der Waals surface area contributed by atoms with Gasteiger partial charge in [-0.3, -0.25) is 0 Å². The average molecular weight is 415 g/mol. The lowest BCUT2D eigenvalue weighted by atomic mass is 10.1. The molecule has 5 nitrogen and oxygen atoms in total. The van der Waals surface area contributed by atoms with Crippen molar-refractivity contribution in [1.29, 1.82) is 0 Å². The largest absolute Gasteiger partial charge is 0.508 e. The number of benzene rings is 3. The van der Waals surface area contributed by atoms with Gasteiger partial charge in [-0.25, -0.2) is 4.98 Å². The van der Waals surface area contributed by atoms with Gasteiger partial charge in [0, 0.05) is 11.6 Å². The molecule has 1 heterocycles. The van der Waals surface area contributed by atoms with Crippen LogP contribution in [0, 0.1) is 0 Å². The van der Waals surface area contributed by atoms with E-state index in [4.69, 9.17) is 0 Å².